The molecule has 6 rings (SSSR count). The van der Waals surface area contributed by atoms with E-state index >= 15 is 0 Å². The summed E-state index contributed by atoms with van der Waals surface area (Å²) < 4.78 is 22.8. The van der Waals surface area contributed by atoms with Crippen molar-refractivity contribution in [2.24, 2.45) is 0 Å². The van der Waals surface area contributed by atoms with Crippen LogP contribution >= 0.6 is 94.1 Å². The zero-order valence-electron chi connectivity index (χ0n) is 34.8. The number of nitriles is 1. The topological polar surface area (TPSA) is 42.2 Å². The van der Waals surface area contributed by atoms with Gasteiger partial charge in [0.2, 0.25) is 0 Å². The minimum atomic E-state index is -2.63. The molecule has 0 radical (unpaired) electrons. The van der Waals surface area contributed by atoms with E-state index in [2.05, 4.69) is 175 Å². The van der Waals surface area contributed by atoms with Gasteiger partial charge in [-0.15, -0.1) is 47.0 Å². The zero-order valence-corrected chi connectivity index (χ0v) is 43.4. The molecule has 0 fully saturated rings. The molecule has 59 heavy (non-hydrogen) atoms. The second-order valence-corrected chi connectivity index (χ2v) is 34.2. The van der Waals surface area contributed by atoms with Crippen molar-refractivity contribution in [3.05, 3.63) is 147 Å². The number of nitrogens with zero attached hydrogens (tertiary/aromatic N) is 1. The lowest BCUT2D eigenvalue weighted by molar-refractivity contribution is 0.322. The van der Waals surface area contributed by atoms with Crippen LogP contribution < -0.4 is 20.7 Å². The Hall–Kier alpha value is -1.26. The van der Waals surface area contributed by atoms with Gasteiger partial charge in [0.25, 0.3) is 16.6 Å². The Balaban J connectivity index is 1.24. The van der Waals surface area contributed by atoms with Crippen LogP contribution in [0.5, 0.6) is 0 Å². The van der Waals surface area contributed by atoms with Crippen molar-refractivity contribution in [2.45, 2.75) is 58.0 Å². The Morgan fingerprint density at radius 1 is 0.492 bits per heavy atom. The van der Waals surface area contributed by atoms with Crippen LogP contribution in [0.4, 0.5) is 0 Å². The minimum absolute atomic E-state index is 0.0663. The van der Waals surface area contributed by atoms with Crippen LogP contribution in [0.3, 0.4) is 0 Å². The van der Waals surface area contributed by atoms with E-state index in [1.54, 1.807) is 0 Å². The smallest absolute Gasteiger partial charge is 0.261 e. The third-order valence-corrected chi connectivity index (χ3v) is 31.4. The highest BCUT2D eigenvalue weighted by Gasteiger charge is 2.51. The van der Waals surface area contributed by atoms with Gasteiger partial charge >= 0.3 is 0 Å². The highest BCUT2D eigenvalue weighted by molar-refractivity contribution is 8.45. The van der Waals surface area contributed by atoms with Crippen molar-refractivity contribution in [1.29, 1.82) is 5.26 Å². The van der Waals surface area contributed by atoms with E-state index in [0.29, 0.717) is 19.6 Å². The molecule has 2 heterocycles. The number of thioether (sulfide) groups is 8. The highest BCUT2D eigenvalue weighted by Crippen LogP contribution is 2.66. The molecule has 2 aliphatic rings. The first-order chi connectivity index (χ1) is 28.4. The molecule has 4 aromatic carbocycles. The van der Waals surface area contributed by atoms with Gasteiger partial charge in [0.15, 0.2) is 0 Å². The average Bonchev–Trinajstić information content (AvgIpc) is 3.85. The Kier molecular flexibility index (Phi) is 17.5. The maximum absolute atomic E-state index is 9.19. The van der Waals surface area contributed by atoms with E-state index in [9.17, 15) is 5.26 Å². The summed E-state index contributed by atoms with van der Waals surface area (Å²) in [6, 6.07) is 46.1. The molecule has 0 saturated heterocycles. The quantitative estimate of drug-likeness (QED) is 0.0707. The molecule has 0 atom stereocenters. The van der Waals surface area contributed by atoms with Crippen LogP contribution in [0.15, 0.2) is 147 Å². The summed E-state index contributed by atoms with van der Waals surface area (Å²) >= 11 is 15.1. The van der Waals surface area contributed by atoms with E-state index < -0.39 is 16.6 Å². The number of hydrogen-bond donors (Lipinski definition) is 0. The molecule has 0 unspecified atom stereocenters. The van der Waals surface area contributed by atoms with Crippen LogP contribution in [0, 0.1) is 11.3 Å². The Morgan fingerprint density at radius 3 is 1.10 bits per heavy atom. The molecule has 13 heteroatoms. The van der Waals surface area contributed by atoms with Gasteiger partial charge in [-0.3, -0.25) is 0 Å². The second-order valence-electron chi connectivity index (χ2n) is 15.8. The predicted octanol–water partition coefficient (Wildman–Crippen LogP) is 13.0. The molecule has 4 aromatic rings. The summed E-state index contributed by atoms with van der Waals surface area (Å²) in [4.78, 5) is 0. The maximum atomic E-state index is 9.19. The number of hydrogen-bond acceptors (Lipinski definition) is 11. The SMILES string of the molecule is CSC1=C(SCCC#N)SC(=C2SC(SCCO[Si](c3ccccc3)(c3ccccc3)C(C)(C)C)=C(SCCO[Si](c3ccccc3)(c3ccccc3)C(C)(C)C)S2)S1. The normalized spacial score (nSPS) is 15.4. The predicted molar refractivity (Wildman–Crippen MR) is 280 cm³/mol. The average molecular weight is 965 g/mol. The minimum Gasteiger partial charge on any atom is -0.407 e. The molecule has 0 aromatic heterocycles. The lowest BCUT2D eigenvalue weighted by Gasteiger charge is -2.43. The van der Waals surface area contributed by atoms with Crippen molar-refractivity contribution in [3.63, 3.8) is 0 Å². The van der Waals surface area contributed by atoms with Crippen molar-refractivity contribution < 1.29 is 8.85 Å². The van der Waals surface area contributed by atoms with E-state index in [4.69, 9.17) is 8.85 Å². The maximum Gasteiger partial charge on any atom is 0.261 e. The summed E-state index contributed by atoms with van der Waals surface area (Å²) in [5.74, 6) is 2.55. The van der Waals surface area contributed by atoms with Gasteiger partial charge in [-0.1, -0.05) is 210 Å². The summed E-state index contributed by atoms with van der Waals surface area (Å²) in [7, 11) is -5.27. The van der Waals surface area contributed by atoms with E-state index in [1.165, 1.54) is 46.2 Å². The lowest BCUT2D eigenvalue weighted by Crippen LogP contribution is -2.66. The summed E-state index contributed by atoms with van der Waals surface area (Å²) in [6.45, 7) is 15.4. The fourth-order valence-corrected chi connectivity index (χ4v) is 28.2. The van der Waals surface area contributed by atoms with Crippen LogP contribution in [0.2, 0.25) is 10.1 Å². The third kappa shape index (κ3) is 11.1. The van der Waals surface area contributed by atoms with Crippen molar-refractivity contribution in [2.75, 3.05) is 36.7 Å². The van der Waals surface area contributed by atoms with Crippen molar-refractivity contribution in [3.8, 4) is 6.07 Å². The van der Waals surface area contributed by atoms with E-state index in [-0.39, 0.29) is 10.1 Å². The summed E-state index contributed by atoms with van der Waals surface area (Å²) in [6.07, 6.45) is 2.72. The van der Waals surface area contributed by atoms with Gasteiger partial charge in [0.1, 0.15) is 0 Å². The van der Waals surface area contributed by atoms with E-state index in [0.717, 1.165) is 17.3 Å². The zero-order chi connectivity index (χ0) is 41.9. The monoisotopic (exact) mass is 963 g/mol. The highest BCUT2D eigenvalue weighted by atomic mass is 32.3. The molecule has 3 nitrogen and oxygen atoms in total. The fraction of sp³-hybridized carbons (Fsp3) is 0.326. The molecule has 0 amide bonds. The molecule has 0 aliphatic carbocycles. The van der Waals surface area contributed by atoms with Crippen LogP contribution in [0.1, 0.15) is 48.0 Å². The largest absolute Gasteiger partial charge is 0.407 e. The molecule has 0 spiro atoms. The van der Waals surface area contributed by atoms with Crippen LogP contribution in [0.25, 0.3) is 0 Å². The first kappa shape index (κ1) is 47.2. The molecule has 0 bridgehead atoms. The first-order valence-electron chi connectivity index (χ1n) is 19.7. The Morgan fingerprint density at radius 2 is 0.797 bits per heavy atom. The van der Waals surface area contributed by atoms with Crippen LogP contribution in [-0.2, 0) is 8.85 Å². The summed E-state index contributed by atoms with van der Waals surface area (Å²) in [5.41, 5.74) is 0. The Bertz CT molecular complexity index is 1930. The van der Waals surface area contributed by atoms with Crippen molar-refractivity contribution in [1.82, 2.24) is 0 Å². The van der Waals surface area contributed by atoms with Crippen LogP contribution in [-0.4, -0.2) is 53.4 Å². The van der Waals surface area contributed by atoms with Gasteiger partial charge in [-0.2, -0.15) is 5.26 Å². The van der Waals surface area contributed by atoms with Gasteiger partial charge < -0.3 is 8.85 Å². The lowest BCUT2D eigenvalue weighted by atomic mass is 10.2. The molecule has 310 valence electrons. The molecule has 2 aliphatic heterocycles. The first-order valence-corrected chi connectivity index (χ1v) is 30.9. The standard InChI is InChI=1S/C46H53NO2S8Si2/c1-45(2,3)58(35-21-12-8-13-22-35,36-23-14-9-15-24-36)48-30-33-52-41-42(57-44(56-41)43-54-39(50-7)40(55-43)51-32-20-29-47)53-34-31-49-59(46(4,5)6,37-25-16-10-17-26-37)38-27-18-11-19-28-38/h8-19,21-28H,20,30-34H2,1-7H3. The van der Waals surface area contributed by atoms with Gasteiger partial charge in [0, 0.05) is 36.9 Å². The summed E-state index contributed by atoms with van der Waals surface area (Å²) in [5, 5.41) is 14.3. The van der Waals surface area contributed by atoms with E-state index in [1.807, 2.05) is 94.1 Å². The molecule has 0 N–H and O–H groups in total. The molecule has 0 saturated carbocycles. The molecular formula is C46H53NO2S8Si2. The third-order valence-electron chi connectivity index (χ3n) is 9.98. The van der Waals surface area contributed by atoms with Gasteiger partial charge in [-0.25, -0.2) is 0 Å². The molecular weight excluding hydrogens is 911 g/mol. The number of rotatable bonds is 18. The number of benzene rings is 4. The Labute approximate surface area is 389 Å². The van der Waals surface area contributed by atoms with Gasteiger partial charge in [-0.05, 0) is 37.1 Å². The van der Waals surface area contributed by atoms with Gasteiger partial charge in [0.05, 0.1) is 31.5 Å². The fourth-order valence-electron chi connectivity index (χ4n) is 7.47. The second kappa shape index (κ2) is 21.9. The van der Waals surface area contributed by atoms with Crippen molar-refractivity contribution >= 4 is 131 Å².